The Morgan fingerprint density at radius 2 is 1.72 bits per heavy atom. The van der Waals surface area contributed by atoms with E-state index in [-0.39, 0.29) is 12.5 Å². The maximum atomic E-state index is 12.2. The molecule has 0 spiro atoms. The minimum Gasteiger partial charge on any atom is -0.489 e. The van der Waals surface area contributed by atoms with E-state index < -0.39 is 0 Å². The minimum atomic E-state index is 0.0657. The smallest absolute Gasteiger partial charge is 0.260 e. The van der Waals surface area contributed by atoms with Crippen molar-refractivity contribution in [3.63, 3.8) is 0 Å². The van der Waals surface area contributed by atoms with Crippen LogP contribution in [0.15, 0.2) is 54.6 Å². The van der Waals surface area contributed by atoms with Crippen LogP contribution < -0.4 is 9.47 Å². The van der Waals surface area contributed by atoms with Gasteiger partial charge in [-0.1, -0.05) is 37.3 Å². The zero-order chi connectivity index (χ0) is 17.5. The molecule has 3 rings (SSSR count). The molecule has 0 aliphatic carbocycles. The standard InChI is InChI=1S/C21H25NO3/c1-17-6-5-13-22(14-17)21(23)16-25-20-11-9-19(10-12-20)24-15-18-7-3-2-4-8-18/h2-4,7-12,17H,5-6,13-16H2,1H3. The second-order valence-electron chi connectivity index (χ2n) is 6.62. The van der Waals surface area contributed by atoms with Crippen LogP contribution in [0.5, 0.6) is 11.5 Å². The summed E-state index contributed by atoms with van der Waals surface area (Å²) in [6.07, 6.45) is 2.29. The van der Waals surface area contributed by atoms with E-state index in [1.54, 1.807) is 0 Å². The summed E-state index contributed by atoms with van der Waals surface area (Å²) < 4.78 is 11.4. The van der Waals surface area contributed by atoms with Crippen LogP contribution in [0.4, 0.5) is 0 Å². The third kappa shape index (κ3) is 5.24. The lowest BCUT2D eigenvalue weighted by atomic mass is 10.0. The highest BCUT2D eigenvalue weighted by Gasteiger charge is 2.21. The van der Waals surface area contributed by atoms with E-state index in [9.17, 15) is 4.79 Å². The zero-order valence-corrected chi connectivity index (χ0v) is 14.7. The molecule has 1 fully saturated rings. The van der Waals surface area contributed by atoms with Gasteiger partial charge in [-0.2, -0.15) is 0 Å². The number of hydrogen-bond donors (Lipinski definition) is 0. The van der Waals surface area contributed by atoms with Gasteiger partial charge >= 0.3 is 0 Å². The lowest BCUT2D eigenvalue weighted by molar-refractivity contribution is -0.135. The van der Waals surface area contributed by atoms with Crippen LogP contribution in [0.3, 0.4) is 0 Å². The van der Waals surface area contributed by atoms with Gasteiger partial charge in [0.2, 0.25) is 0 Å². The summed E-state index contributed by atoms with van der Waals surface area (Å²) in [6.45, 7) is 4.51. The number of rotatable bonds is 6. The fraction of sp³-hybridized carbons (Fsp3) is 0.381. The van der Waals surface area contributed by atoms with Gasteiger partial charge in [-0.3, -0.25) is 4.79 Å². The van der Waals surface area contributed by atoms with Gasteiger partial charge in [0.25, 0.3) is 5.91 Å². The van der Waals surface area contributed by atoms with Gasteiger partial charge in [-0.05, 0) is 48.6 Å². The summed E-state index contributed by atoms with van der Waals surface area (Å²) in [5, 5.41) is 0. The van der Waals surface area contributed by atoms with Gasteiger partial charge < -0.3 is 14.4 Å². The van der Waals surface area contributed by atoms with Crippen molar-refractivity contribution in [2.75, 3.05) is 19.7 Å². The van der Waals surface area contributed by atoms with E-state index in [1.807, 2.05) is 59.5 Å². The largest absolute Gasteiger partial charge is 0.489 e. The van der Waals surface area contributed by atoms with E-state index in [0.29, 0.717) is 18.3 Å². The molecule has 1 atom stereocenters. The van der Waals surface area contributed by atoms with Crippen LogP contribution in [0.1, 0.15) is 25.3 Å². The summed E-state index contributed by atoms with van der Waals surface area (Å²) in [5.74, 6) is 2.12. The first-order valence-electron chi connectivity index (χ1n) is 8.88. The monoisotopic (exact) mass is 339 g/mol. The molecule has 0 saturated carbocycles. The first-order chi connectivity index (χ1) is 12.2. The fourth-order valence-electron chi connectivity index (χ4n) is 3.03. The van der Waals surface area contributed by atoms with Gasteiger partial charge in [0.1, 0.15) is 18.1 Å². The molecule has 1 saturated heterocycles. The van der Waals surface area contributed by atoms with Crippen molar-refractivity contribution in [3.05, 3.63) is 60.2 Å². The third-order valence-electron chi connectivity index (χ3n) is 4.44. The molecule has 0 N–H and O–H groups in total. The molecular weight excluding hydrogens is 314 g/mol. The van der Waals surface area contributed by atoms with Crippen LogP contribution in [-0.2, 0) is 11.4 Å². The number of carbonyl (C=O) groups is 1. The quantitative estimate of drug-likeness (QED) is 0.801. The minimum absolute atomic E-state index is 0.0657. The fourth-order valence-corrected chi connectivity index (χ4v) is 3.03. The average Bonchev–Trinajstić information content (AvgIpc) is 2.66. The molecule has 1 aliphatic heterocycles. The van der Waals surface area contributed by atoms with Crippen LogP contribution in [-0.4, -0.2) is 30.5 Å². The zero-order valence-electron chi connectivity index (χ0n) is 14.7. The van der Waals surface area contributed by atoms with Crippen molar-refractivity contribution in [2.45, 2.75) is 26.4 Å². The predicted molar refractivity (Wildman–Crippen MR) is 97.7 cm³/mol. The van der Waals surface area contributed by atoms with Crippen molar-refractivity contribution in [2.24, 2.45) is 5.92 Å². The highest BCUT2D eigenvalue weighted by molar-refractivity contribution is 5.77. The van der Waals surface area contributed by atoms with Crippen molar-refractivity contribution in [3.8, 4) is 11.5 Å². The molecule has 0 bridgehead atoms. The third-order valence-corrected chi connectivity index (χ3v) is 4.44. The summed E-state index contributed by atoms with van der Waals surface area (Å²) in [7, 11) is 0. The highest BCUT2D eigenvalue weighted by Crippen LogP contribution is 2.19. The number of benzene rings is 2. The van der Waals surface area contributed by atoms with Crippen LogP contribution >= 0.6 is 0 Å². The molecule has 25 heavy (non-hydrogen) atoms. The average molecular weight is 339 g/mol. The maximum Gasteiger partial charge on any atom is 0.260 e. The molecular formula is C21H25NO3. The van der Waals surface area contributed by atoms with Crippen molar-refractivity contribution in [1.29, 1.82) is 0 Å². The van der Waals surface area contributed by atoms with Gasteiger partial charge in [0, 0.05) is 13.1 Å². The number of ether oxygens (including phenoxy) is 2. The van der Waals surface area contributed by atoms with Gasteiger partial charge in [0.05, 0.1) is 0 Å². The number of nitrogens with zero attached hydrogens (tertiary/aromatic N) is 1. The Kier molecular flexibility index (Phi) is 5.94. The molecule has 132 valence electrons. The molecule has 1 heterocycles. The summed E-state index contributed by atoms with van der Waals surface area (Å²) in [6, 6.07) is 17.5. The van der Waals surface area contributed by atoms with Crippen molar-refractivity contribution < 1.29 is 14.3 Å². The van der Waals surface area contributed by atoms with Crippen LogP contribution in [0.25, 0.3) is 0 Å². The summed E-state index contributed by atoms with van der Waals surface area (Å²) >= 11 is 0. The Balaban J connectivity index is 1.45. The van der Waals surface area contributed by atoms with Crippen LogP contribution in [0, 0.1) is 5.92 Å². The van der Waals surface area contributed by atoms with Crippen molar-refractivity contribution >= 4 is 5.91 Å². The molecule has 4 heteroatoms. The second-order valence-corrected chi connectivity index (χ2v) is 6.62. The van der Waals surface area contributed by atoms with E-state index in [0.717, 1.165) is 30.8 Å². The topological polar surface area (TPSA) is 38.8 Å². The second kappa shape index (κ2) is 8.56. The van der Waals surface area contributed by atoms with E-state index >= 15 is 0 Å². The SMILES string of the molecule is CC1CCCN(C(=O)COc2ccc(OCc3ccccc3)cc2)C1. The molecule has 1 unspecified atom stereocenters. The van der Waals surface area contributed by atoms with Crippen LogP contribution in [0.2, 0.25) is 0 Å². The highest BCUT2D eigenvalue weighted by atomic mass is 16.5. The summed E-state index contributed by atoms with van der Waals surface area (Å²) in [5.41, 5.74) is 1.13. The van der Waals surface area contributed by atoms with Crippen molar-refractivity contribution in [1.82, 2.24) is 4.90 Å². The molecule has 2 aromatic rings. The lowest BCUT2D eigenvalue weighted by Gasteiger charge is -2.30. The Hall–Kier alpha value is -2.49. The first kappa shape index (κ1) is 17.3. The van der Waals surface area contributed by atoms with Gasteiger partial charge in [0.15, 0.2) is 6.61 Å². The number of likely N-dealkylation sites (tertiary alicyclic amines) is 1. The normalized spacial score (nSPS) is 17.2. The first-order valence-corrected chi connectivity index (χ1v) is 8.88. The molecule has 0 radical (unpaired) electrons. The summed E-state index contributed by atoms with van der Waals surface area (Å²) in [4.78, 5) is 14.1. The van der Waals surface area contributed by atoms with Gasteiger partial charge in [-0.15, -0.1) is 0 Å². The number of amides is 1. The molecule has 1 aliphatic rings. The Morgan fingerprint density at radius 1 is 1.04 bits per heavy atom. The van der Waals surface area contributed by atoms with E-state index in [1.165, 1.54) is 6.42 Å². The van der Waals surface area contributed by atoms with E-state index in [4.69, 9.17) is 9.47 Å². The maximum absolute atomic E-state index is 12.2. The number of carbonyl (C=O) groups excluding carboxylic acids is 1. The predicted octanol–water partition coefficient (Wildman–Crippen LogP) is 3.90. The van der Waals surface area contributed by atoms with Gasteiger partial charge in [-0.25, -0.2) is 0 Å². The number of hydrogen-bond acceptors (Lipinski definition) is 3. The lowest BCUT2D eigenvalue weighted by Crippen LogP contribution is -2.41. The van der Waals surface area contributed by atoms with E-state index in [2.05, 4.69) is 6.92 Å². The molecule has 0 aromatic heterocycles. The Labute approximate surface area is 149 Å². The molecule has 1 amide bonds. The Morgan fingerprint density at radius 3 is 2.40 bits per heavy atom. The molecule has 4 nitrogen and oxygen atoms in total. The Bertz CT molecular complexity index is 669. The number of piperidine rings is 1. The molecule has 2 aromatic carbocycles.